The van der Waals surface area contributed by atoms with Crippen molar-refractivity contribution in [3.63, 3.8) is 0 Å². The predicted octanol–water partition coefficient (Wildman–Crippen LogP) is 14.8. The molecule has 8 aromatic carbocycles. The van der Waals surface area contributed by atoms with Crippen LogP contribution in [0.5, 0.6) is 0 Å². The molecule has 0 spiro atoms. The third-order valence-corrected chi connectivity index (χ3v) is 11.8. The number of furan rings is 3. The van der Waals surface area contributed by atoms with E-state index in [9.17, 15) is 0 Å². The number of thiazole rings is 1. The van der Waals surface area contributed by atoms with E-state index in [1.165, 1.54) is 0 Å². The fraction of sp³-hybridized carbons (Fsp3) is 0. The molecule has 258 valence electrons. The van der Waals surface area contributed by atoms with E-state index in [1.807, 2.05) is 30.3 Å². The van der Waals surface area contributed by atoms with Crippen molar-refractivity contribution >= 4 is 104 Å². The summed E-state index contributed by atoms with van der Waals surface area (Å²) in [6.07, 6.45) is 0. The fourth-order valence-electron chi connectivity index (χ4n) is 8.09. The van der Waals surface area contributed by atoms with Gasteiger partial charge in [0.2, 0.25) is 0 Å². The van der Waals surface area contributed by atoms with Crippen molar-refractivity contribution in [1.82, 2.24) is 4.98 Å². The van der Waals surface area contributed by atoms with Gasteiger partial charge in [0, 0.05) is 55.6 Å². The molecule has 4 aromatic heterocycles. The molecule has 0 saturated heterocycles. The van der Waals surface area contributed by atoms with Gasteiger partial charge in [-0.25, -0.2) is 4.98 Å². The summed E-state index contributed by atoms with van der Waals surface area (Å²) in [6, 6.07) is 59.1. The highest BCUT2D eigenvalue weighted by Crippen LogP contribution is 2.43. The second kappa shape index (κ2) is 11.7. The average molecular weight is 725 g/mol. The number of benzene rings is 8. The largest absolute Gasteiger partial charge is 0.456 e. The van der Waals surface area contributed by atoms with Crippen molar-refractivity contribution in [3.8, 4) is 21.7 Å². The van der Waals surface area contributed by atoms with E-state index in [-0.39, 0.29) is 0 Å². The summed E-state index contributed by atoms with van der Waals surface area (Å²) >= 11 is 1.71. The van der Waals surface area contributed by atoms with Crippen LogP contribution in [0.25, 0.3) is 97.7 Å². The molecule has 0 unspecified atom stereocenters. The molecule has 0 atom stereocenters. The molecular formula is C49H28N2O3S. The molecule has 5 nitrogen and oxygen atoms in total. The monoisotopic (exact) mass is 724 g/mol. The zero-order chi connectivity index (χ0) is 36.0. The van der Waals surface area contributed by atoms with Gasteiger partial charge in [-0.3, -0.25) is 0 Å². The standard InChI is InChI=1S/C49H28N2O3S/c1-2-8-30(9-3-1)49-50-48-46(55-49)25-24-44-47(48)39-26-31(16-22-43(39)53-44)29-14-17-32(18-15-29)51(33-20-23-42-38(27-33)36-11-5-7-13-41(36)52-42)34-19-21-37-35-10-4-6-12-40(35)54-45(37)28-34/h1-28H. The van der Waals surface area contributed by atoms with Crippen molar-refractivity contribution in [2.75, 3.05) is 4.90 Å². The second-order valence-electron chi connectivity index (χ2n) is 13.9. The van der Waals surface area contributed by atoms with Crippen LogP contribution in [0.3, 0.4) is 0 Å². The third kappa shape index (κ3) is 4.75. The smallest absolute Gasteiger partial charge is 0.137 e. The lowest BCUT2D eigenvalue weighted by atomic mass is 10.0. The van der Waals surface area contributed by atoms with Gasteiger partial charge in [0.05, 0.1) is 15.6 Å². The molecule has 0 N–H and O–H groups in total. The summed E-state index contributed by atoms with van der Waals surface area (Å²) in [5.74, 6) is 0. The summed E-state index contributed by atoms with van der Waals surface area (Å²) in [5, 5.41) is 7.50. The number of anilines is 3. The van der Waals surface area contributed by atoms with E-state index in [0.29, 0.717) is 0 Å². The summed E-state index contributed by atoms with van der Waals surface area (Å²) in [4.78, 5) is 7.41. The molecule has 0 amide bonds. The first-order chi connectivity index (χ1) is 27.2. The summed E-state index contributed by atoms with van der Waals surface area (Å²) < 4.78 is 20.1. The Morgan fingerprint density at radius 2 is 0.964 bits per heavy atom. The molecule has 12 rings (SSSR count). The minimum Gasteiger partial charge on any atom is -0.456 e. The Bertz CT molecular complexity index is 3440. The molecule has 12 aromatic rings. The topological polar surface area (TPSA) is 55.6 Å². The van der Waals surface area contributed by atoms with Crippen molar-refractivity contribution in [1.29, 1.82) is 0 Å². The number of rotatable bonds is 5. The van der Waals surface area contributed by atoms with Crippen LogP contribution in [0.2, 0.25) is 0 Å². The predicted molar refractivity (Wildman–Crippen MR) is 227 cm³/mol. The Hall–Kier alpha value is -7.15. The van der Waals surface area contributed by atoms with Gasteiger partial charge >= 0.3 is 0 Å². The lowest BCUT2D eigenvalue weighted by Gasteiger charge is -2.25. The molecule has 55 heavy (non-hydrogen) atoms. The van der Waals surface area contributed by atoms with Crippen LogP contribution in [-0.4, -0.2) is 4.98 Å². The van der Waals surface area contributed by atoms with Crippen molar-refractivity contribution in [3.05, 3.63) is 170 Å². The lowest BCUT2D eigenvalue weighted by Crippen LogP contribution is -2.09. The number of para-hydroxylation sites is 2. The van der Waals surface area contributed by atoms with E-state index in [2.05, 4.69) is 144 Å². The first-order valence-corrected chi connectivity index (χ1v) is 19.1. The number of hydrogen-bond donors (Lipinski definition) is 0. The molecule has 0 saturated carbocycles. The quantitative estimate of drug-likeness (QED) is 0.177. The minimum absolute atomic E-state index is 0.847. The van der Waals surface area contributed by atoms with Gasteiger partial charge in [-0.05, 0) is 90.0 Å². The Labute approximate surface area is 317 Å². The molecule has 0 radical (unpaired) electrons. The summed E-state index contributed by atoms with van der Waals surface area (Å²) in [7, 11) is 0. The maximum Gasteiger partial charge on any atom is 0.137 e. The number of hydrogen-bond acceptors (Lipinski definition) is 6. The zero-order valence-corrected chi connectivity index (χ0v) is 30.0. The SMILES string of the molecule is c1ccc(-c2nc3c(ccc4oc5ccc(-c6ccc(N(c7ccc8c(c7)oc7ccccc78)c7ccc8oc9ccccc9c8c7)cc6)cc5c43)s2)cc1. The van der Waals surface area contributed by atoms with Crippen LogP contribution in [0, 0.1) is 0 Å². The van der Waals surface area contributed by atoms with Gasteiger partial charge < -0.3 is 18.2 Å². The van der Waals surface area contributed by atoms with Crippen LogP contribution in [-0.2, 0) is 0 Å². The minimum atomic E-state index is 0.847. The van der Waals surface area contributed by atoms with Gasteiger partial charge in [0.25, 0.3) is 0 Å². The van der Waals surface area contributed by atoms with Crippen molar-refractivity contribution < 1.29 is 13.3 Å². The van der Waals surface area contributed by atoms with E-state index in [1.54, 1.807) is 11.3 Å². The van der Waals surface area contributed by atoms with Gasteiger partial charge in [-0.15, -0.1) is 11.3 Å². The van der Waals surface area contributed by atoms with Crippen molar-refractivity contribution in [2.24, 2.45) is 0 Å². The van der Waals surface area contributed by atoms with Gasteiger partial charge in [-0.2, -0.15) is 0 Å². The Morgan fingerprint density at radius 1 is 0.382 bits per heavy atom. The molecule has 0 aliphatic rings. The maximum atomic E-state index is 6.36. The second-order valence-corrected chi connectivity index (χ2v) is 15.0. The molecule has 6 heteroatoms. The molecular weight excluding hydrogens is 697 g/mol. The van der Waals surface area contributed by atoms with Crippen molar-refractivity contribution in [2.45, 2.75) is 0 Å². The van der Waals surface area contributed by atoms with E-state index in [0.717, 1.165) is 115 Å². The highest BCUT2D eigenvalue weighted by atomic mass is 32.1. The molecule has 0 bridgehead atoms. The normalized spacial score (nSPS) is 12.0. The highest BCUT2D eigenvalue weighted by Gasteiger charge is 2.19. The Morgan fingerprint density at radius 3 is 1.80 bits per heavy atom. The molecule has 0 aliphatic carbocycles. The van der Waals surface area contributed by atoms with Crippen LogP contribution >= 0.6 is 11.3 Å². The summed E-state index contributed by atoms with van der Waals surface area (Å²) in [5.41, 5.74) is 12.5. The lowest BCUT2D eigenvalue weighted by molar-refractivity contribution is 0.668. The van der Waals surface area contributed by atoms with E-state index in [4.69, 9.17) is 18.2 Å². The average Bonchev–Trinajstić information content (AvgIpc) is 4.02. The zero-order valence-electron chi connectivity index (χ0n) is 29.2. The fourth-order valence-corrected chi connectivity index (χ4v) is 9.07. The molecule has 0 aliphatic heterocycles. The molecule has 4 heterocycles. The van der Waals surface area contributed by atoms with Gasteiger partial charge in [0.1, 0.15) is 38.5 Å². The molecule has 0 fully saturated rings. The Balaban J connectivity index is 0.984. The van der Waals surface area contributed by atoms with Gasteiger partial charge in [0.15, 0.2) is 0 Å². The maximum absolute atomic E-state index is 6.36. The van der Waals surface area contributed by atoms with E-state index >= 15 is 0 Å². The van der Waals surface area contributed by atoms with Crippen LogP contribution in [0.4, 0.5) is 17.1 Å². The van der Waals surface area contributed by atoms with Crippen LogP contribution in [0.1, 0.15) is 0 Å². The third-order valence-electron chi connectivity index (χ3n) is 10.7. The number of aromatic nitrogens is 1. The Kier molecular flexibility index (Phi) is 6.44. The highest BCUT2D eigenvalue weighted by molar-refractivity contribution is 7.21. The first kappa shape index (κ1) is 30.3. The first-order valence-electron chi connectivity index (χ1n) is 18.3. The number of fused-ring (bicyclic) bond motifs is 11. The number of nitrogens with zero attached hydrogens (tertiary/aromatic N) is 2. The summed E-state index contributed by atoms with van der Waals surface area (Å²) in [6.45, 7) is 0. The van der Waals surface area contributed by atoms with Crippen LogP contribution in [0.15, 0.2) is 183 Å². The van der Waals surface area contributed by atoms with E-state index < -0.39 is 0 Å². The van der Waals surface area contributed by atoms with Crippen LogP contribution < -0.4 is 4.90 Å². The van der Waals surface area contributed by atoms with Gasteiger partial charge in [-0.1, -0.05) is 84.9 Å².